The Bertz CT molecular complexity index is 1180. The van der Waals surface area contributed by atoms with Gasteiger partial charge in [-0.15, -0.1) is 0 Å². The van der Waals surface area contributed by atoms with Crippen LogP contribution in [-0.2, 0) is 14.3 Å². The topological polar surface area (TPSA) is 106 Å². The van der Waals surface area contributed by atoms with E-state index >= 15 is 0 Å². The average molecular weight is 494 g/mol. The minimum Gasteiger partial charge on any atom is -0.489 e. The van der Waals surface area contributed by atoms with Crippen LogP contribution in [0.3, 0.4) is 0 Å². The molecule has 2 N–H and O–H groups in total. The van der Waals surface area contributed by atoms with E-state index in [2.05, 4.69) is 10.3 Å². The zero-order chi connectivity index (χ0) is 25.9. The van der Waals surface area contributed by atoms with Crippen LogP contribution < -0.4 is 10.1 Å². The van der Waals surface area contributed by atoms with Gasteiger partial charge in [-0.05, 0) is 31.4 Å². The van der Waals surface area contributed by atoms with E-state index in [-0.39, 0.29) is 30.2 Å². The van der Waals surface area contributed by atoms with Gasteiger partial charge in [0.25, 0.3) is 5.91 Å². The number of benzene rings is 2. The number of carboxylic acid groups (broad SMARTS) is 1. The summed E-state index contributed by atoms with van der Waals surface area (Å²) in [5.41, 5.74) is -3.00. The molecule has 0 aromatic heterocycles. The zero-order valence-electron chi connectivity index (χ0n) is 19.3. The summed E-state index contributed by atoms with van der Waals surface area (Å²) in [5.74, 6) is -1.94. The number of methoxy groups -OCH3 is 1. The quantitative estimate of drug-likeness (QED) is 0.550. The summed E-state index contributed by atoms with van der Waals surface area (Å²) in [6.07, 6.45) is -1.98. The second kappa shape index (κ2) is 9.95. The van der Waals surface area contributed by atoms with E-state index in [9.17, 15) is 27.9 Å². The third-order valence-corrected chi connectivity index (χ3v) is 5.44. The highest BCUT2D eigenvalue weighted by Gasteiger charge is 2.41. The van der Waals surface area contributed by atoms with Crippen LogP contribution in [0.4, 0.5) is 13.2 Å². The van der Waals surface area contributed by atoms with Crippen molar-refractivity contribution in [2.45, 2.75) is 31.2 Å². The molecule has 1 heterocycles. The fourth-order valence-electron chi connectivity index (χ4n) is 3.40. The van der Waals surface area contributed by atoms with Gasteiger partial charge in [0.05, 0.1) is 12.1 Å². The molecule has 0 aliphatic carbocycles. The first-order valence-corrected chi connectivity index (χ1v) is 10.5. The number of aliphatic carboxylic acids is 1. The number of rotatable bonds is 9. The Balaban J connectivity index is 1.97. The number of carboxylic acids is 1. The monoisotopic (exact) mass is 494 g/mol. The molecule has 188 valence electrons. The number of hydrogen-bond acceptors (Lipinski definition) is 6. The summed E-state index contributed by atoms with van der Waals surface area (Å²) < 4.78 is 54.9. The van der Waals surface area contributed by atoms with Gasteiger partial charge in [0.1, 0.15) is 23.7 Å². The summed E-state index contributed by atoms with van der Waals surface area (Å²) in [4.78, 5) is 28.6. The molecule has 0 spiro atoms. The molecule has 1 amide bonds. The van der Waals surface area contributed by atoms with E-state index in [1.54, 1.807) is 30.3 Å². The van der Waals surface area contributed by atoms with Crippen LogP contribution in [0.15, 0.2) is 53.2 Å². The lowest BCUT2D eigenvalue weighted by molar-refractivity contribution is -0.174. The Morgan fingerprint density at radius 1 is 1.14 bits per heavy atom. The van der Waals surface area contributed by atoms with Crippen molar-refractivity contribution >= 4 is 28.9 Å². The first-order valence-electron chi connectivity index (χ1n) is 10.5. The largest absolute Gasteiger partial charge is 0.489 e. The lowest BCUT2D eigenvalue weighted by Crippen LogP contribution is -2.50. The number of carbonyl (C=O) groups is 2. The normalized spacial score (nSPS) is 18.2. The summed E-state index contributed by atoms with van der Waals surface area (Å²) in [7, 11) is 1.29. The van der Waals surface area contributed by atoms with Crippen molar-refractivity contribution < 1.29 is 42.1 Å². The van der Waals surface area contributed by atoms with Gasteiger partial charge in [-0.25, -0.2) is 4.79 Å². The molecule has 1 atom stereocenters. The highest BCUT2D eigenvalue weighted by atomic mass is 19.4. The maximum absolute atomic E-state index is 13.0. The van der Waals surface area contributed by atoms with Crippen molar-refractivity contribution in [2.75, 3.05) is 26.9 Å². The van der Waals surface area contributed by atoms with Crippen LogP contribution in [0.2, 0.25) is 0 Å². The molecule has 1 aliphatic rings. The fourth-order valence-corrected chi connectivity index (χ4v) is 3.40. The smallest absolute Gasteiger partial charge is 0.422 e. The van der Waals surface area contributed by atoms with Gasteiger partial charge in [0, 0.05) is 18.7 Å². The summed E-state index contributed by atoms with van der Waals surface area (Å²) in [6, 6.07) is 10.2. The fraction of sp³-hybridized carbons (Fsp3) is 0.375. The maximum Gasteiger partial charge on any atom is 0.422 e. The van der Waals surface area contributed by atoms with Crippen LogP contribution in [0.5, 0.6) is 5.75 Å². The Morgan fingerprint density at radius 2 is 1.86 bits per heavy atom. The highest BCUT2D eigenvalue weighted by molar-refractivity contribution is 6.05. The summed E-state index contributed by atoms with van der Waals surface area (Å²) >= 11 is 0. The predicted molar refractivity (Wildman–Crippen MR) is 122 cm³/mol. The van der Waals surface area contributed by atoms with Crippen LogP contribution >= 0.6 is 0 Å². The number of hydrogen-bond donors (Lipinski definition) is 2. The van der Waals surface area contributed by atoms with Gasteiger partial charge in [0.2, 0.25) is 0 Å². The lowest BCUT2D eigenvalue weighted by Gasteiger charge is -2.34. The Labute approximate surface area is 199 Å². The second-order valence-electron chi connectivity index (χ2n) is 8.46. The van der Waals surface area contributed by atoms with Crippen molar-refractivity contribution in [1.82, 2.24) is 5.32 Å². The number of nitrogens with zero attached hydrogens (tertiary/aromatic N) is 1. The highest BCUT2D eigenvalue weighted by Crippen LogP contribution is 2.34. The SMILES string of the molecule is COC1(COc2c(C(=O)NC(C)(C)C(=O)O)ccc3ccccc23)CN=CC=C1OCC(F)(F)F. The zero-order valence-corrected chi connectivity index (χ0v) is 19.3. The van der Waals surface area contributed by atoms with Gasteiger partial charge in [-0.2, -0.15) is 13.2 Å². The van der Waals surface area contributed by atoms with E-state index in [0.29, 0.717) is 5.39 Å². The van der Waals surface area contributed by atoms with Gasteiger partial charge in [0.15, 0.2) is 12.2 Å². The number of carbonyl (C=O) groups excluding carboxylic acids is 1. The molecular weight excluding hydrogens is 469 g/mol. The van der Waals surface area contributed by atoms with Crippen LogP contribution in [0.1, 0.15) is 24.2 Å². The van der Waals surface area contributed by atoms with Crippen LogP contribution in [-0.4, -0.2) is 67.4 Å². The molecule has 0 bridgehead atoms. The summed E-state index contributed by atoms with van der Waals surface area (Å²) in [6.45, 7) is 0.740. The molecule has 1 unspecified atom stereocenters. The van der Waals surface area contributed by atoms with Crippen molar-refractivity contribution in [3.8, 4) is 5.75 Å². The van der Waals surface area contributed by atoms with E-state index in [4.69, 9.17) is 14.2 Å². The van der Waals surface area contributed by atoms with Crippen LogP contribution in [0, 0.1) is 0 Å². The molecule has 0 radical (unpaired) electrons. The molecule has 2 aromatic rings. The number of nitrogens with one attached hydrogen (secondary N) is 1. The number of ether oxygens (including phenoxy) is 3. The average Bonchev–Trinajstić information content (AvgIpc) is 2.80. The summed E-state index contributed by atoms with van der Waals surface area (Å²) in [5, 5.41) is 13.1. The third-order valence-electron chi connectivity index (χ3n) is 5.44. The van der Waals surface area contributed by atoms with Crippen molar-refractivity contribution in [3.05, 3.63) is 53.8 Å². The number of aliphatic imine (C=N–C) groups is 1. The number of alkyl halides is 3. The van der Waals surface area contributed by atoms with E-state index in [0.717, 1.165) is 5.39 Å². The van der Waals surface area contributed by atoms with Crippen molar-refractivity contribution in [3.63, 3.8) is 0 Å². The maximum atomic E-state index is 13.0. The minimum absolute atomic E-state index is 0.0466. The number of dihydropyridines is 1. The Hall–Kier alpha value is -3.60. The van der Waals surface area contributed by atoms with Gasteiger partial charge in [-0.3, -0.25) is 9.79 Å². The first kappa shape index (κ1) is 26.0. The van der Waals surface area contributed by atoms with E-state index in [1.807, 2.05) is 0 Å². The molecule has 2 aromatic carbocycles. The molecule has 11 heteroatoms. The number of fused-ring (bicyclic) bond motifs is 1. The van der Waals surface area contributed by atoms with Gasteiger partial charge in [-0.1, -0.05) is 30.3 Å². The molecule has 0 fully saturated rings. The number of halogens is 3. The molecule has 0 saturated carbocycles. The minimum atomic E-state index is -4.56. The van der Waals surface area contributed by atoms with E-state index < -0.39 is 35.8 Å². The lowest BCUT2D eigenvalue weighted by atomic mass is 9.99. The molecule has 8 nitrogen and oxygen atoms in total. The number of allylic oxidation sites excluding steroid dienone is 1. The van der Waals surface area contributed by atoms with E-state index in [1.165, 1.54) is 39.3 Å². The molecule has 1 aliphatic heterocycles. The van der Waals surface area contributed by atoms with Crippen LogP contribution in [0.25, 0.3) is 10.8 Å². The molecular formula is C24H25F3N2O6. The molecule has 3 rings (SSSR count). The Kier molecular flexibility index (Phi) is 7.39. The standard InChI is InChI=1S/C24H25F3N2O6/c1-22(2,21(31)32)29-20(30)17-9-8-15-6-4-5-7-16(15)19(17)35-13-23(33-3)12-28-11-10-18(23)34-14-24(25,26)27/h4-11H,12-14H2,1-3H3,(H,29,30)(H,31,32). The first-order chi connectivity index (χ1) is 16.4. The predicted octanol–water partition coefficient (Wildman–Crippen LogP) is 3.74. The molecule has 0 saturated heterocycles. The number of amides is 1. The molecule has 35 heavy (non-hydrogen) atoms. The Morgan fingerprint density at radius 3 is 2.51 bits per heavy atom. The third kappa shape index (κ3) is 5.91. The second-order valence-corrected chi connectivity index (χ2v) is 8.46. The van der Waals surface area contributed by atoms with Gasteiger partial charge < -0.3 is 24.6 Å². The van der Waals surface area contributed by atoms with Crippen molar-refractivity contribution in [1.29, 1.82) is 0 Å². The van der Waals surface area contributed by atoms with Gasteiger partial charge >= 0.3 is 12.1 Å². The van der Waals surface area contributed by atoms with Crippen molar-refractivity contribution in [2.24, 2.45) is 4.99 Å².